The minimum absolute atomic E-state index is 0.204. The Labute approximate surface area is 161 Å². The molecule has 0 spiro atoms. The molecule has 3 aliphatic heterocycles. The van der Waals surface area contributed by atoms with Gasteiger partial charge in [0.1, 0.15) is 5.75 Å². The molecule has 2 atom stereocenters. The van der Waals surface area contributed by atoms with E-state index in [1.807, 2.05) is 30.3 Å². The van der Waals surface area contributed by atoms with Crippen LogP contribution in [0.3, 0.4) is 0 Å². The van der Waals surface area contributed by atoms with Crippen molar-refractivity contribution in [2.45, 2.75) is 51.0 Å². The van der Waals surface area contributed by atoms with Crippen LogP contribution in [-0.4, -0.2) is 53.9 Å². The summed E-state index contributed by atoms with van der Waals surface area (Å²) in [6.07, 6.45) is 6.71. The smallest absolute Gasteiger partial charge is 0.225 e. The third-order valence-electron chi connectivity index (χ3n) is 6.35. The minimum Gasteiger partial charge on any atom is -0.494 e. The molecule has 5 rings (SSSR count). The number of piperidine rings is 1. The van der Waals surface area contributed by atoms with Gasteiger partial charge in [-0.1, -0.05) is 24.6 Å². The number of para-hydroxylation sites is 1. The number of hydrogen-bond acceptors (Lipinski definition) is 3. The normalized spacial score (nSPS) is 25.0. The van der Waals surface area contributed by atoms with E-state index >= 15 is 0 Å². The predicted octanol–water partition coefficient (Wildman–Crippen LogP) is 3.10. The molecule has 1 aromatic rings. The van der Waals surface area contributed by atoms with Gasteiger partial charge in [-0.2, -0.15) is 0 Å². The van der Waals surface area contributed by atoms with Gasteiger partial charge in [0.25, 0.3) is 0 Å². The quantitative estimate of drug-likeness (QED) is 0.723. The molecule has 0 aromatic heterocycles. The summed E-state index contributed by atoms with van der Waals surface area (Å²) in [6, 6.07) is 9.93. The monoisotopic (exact) mass is 370 g/mol. The third kappa shape index (κ3) is 4.28. The van der Waals surface area contributed by atoms with Gasteiger partial charge in [0.15, 0.2) is 0 Å². The lowest BCUT2D eigenvalue weighted by atomic mass is 9.84. The summed E-state index contributed by atoms with van der Waals surface area (Å²) >= 11 is 0. The number of amides is 2. The van der Waals surface area contributed by atoms with Gasteiger partial charge in [-0.15, -0.1) is 0 Å². The van der Waals surface area contributed by atoms with Crippen LogP contribution in [0.5, 0.6) is 5.75 Å². The average Bonchev–Trinajstić information content (AvgIpc) is 2.96. The van der Waals surface area contributed by atoms with Crippen LogP contribution in [0.1, 0.15) is 44.9 Å². The van der Waals surface area contributed by atoms with E-state index in [1.54, 1.807) is 0 Å². The molecule has 5 heteroatoms. The molecule has 0 N–H and O–H groups in total. The van der Waals surface area contributed by atoms with Crippen LogP contribution >= 0.6 is 0 Å². The Hall–Kier alpha value is -2.04. The van der Waals surface area contributed by atoms with Gasteiger partial charge in [0.05, 0.1) is 6.61 Å². The molecule has 4 aliphatic rings. The maximum atomic E-state index is 12.8. The van der Waals surface area contributed by atoms with Gasteiger partial charge in [-0.25, -0.2) is 0 Å². The van der Waals surface area contributed by atoms with Crippen molar-refractivity contribution in [2.24, 2.45) is 11.8 Å². The maximum Gasteiger partial charge on any atom is 0.225 e. The molecule has 146 valence electrons. The second kappa shape index (κ2) is 8.32. The van der Waals surface area contributed by atoms with Crippen molar-refractivity contribution in [3.05, 3.63) is 30.3 Å². The zero-order valence-corrected chi connectivity index (χ0v) is 16.0. The topological polar surface area (TPSA) is 49.9 Å². The summed E-state index contributed by atoms with van der Waals surface area (Å²) in [6.45, 7) is 2.95. The molecule has 2 bridgehead atoms. The summed E-state index contributed by atoms with van der Waals surface area (Å²) in [7, 11) is 0. The molecule has 1 aliphatic carbocycles. The summed E-state index contributed by atoms with van der Waals surface area (Å²) < 4.78 is 5.70. The lowest BCUT2D eigenvalue weighted by Gasteiger charge is -2.36. The first-order chi connectivity index (χ1) is 13.2. The summed E-state index contributed by atoms with van der Waals surface area (Å²) in [5, 5.41) is 0. The summed E-state index contributed by atoms with van der Waals surface area (Å²) in [4.78, 5) is 29.6. The number of hydrogen-bond donors (Lipinski definition) is 0. The van der Waals surface area contributed by atoms with Crippen molar-refractivity contribution in [3.8, 4) is 5.75 Å². The van der Waals surface area contributed by atoms with Crippen LogP contribution in [0.15, 0.2) is 30.3 Å². The Bertz CT molecular complexity index is 659. The zero-order valence-electron chi connectivity index (χ0n) is 16.0. The maximum absolute atomic E-state index is 12.8. The van der Waals surface area contributed by atoms with Crippen LogP contribution in [0.2, 0.25) is 0 Å². The molecule has 4 fully saturated rings. The first kappa shape index (κ1) is 18.3. The van der Waals surface area contributed by atoms with Gasteiger partial charge >= 0.3 is 0 Å². The Kier molecular flexibility index (Phi) is 5.65. The molecule has 2 amide bonds. The Balaban J connectivity index is 1.27. The van der Waals surface area contributed by atoms with Gasteiger partial charge in [-0.05, 0) is 50.2 Å². The fraction of sp³-hybridized carbons (Fsp3) is 0.636. The van der Waals surface area contributed by atoms with E-state index in [2.05, 4.69) is 9.80 Å². The highest BCUT2D eigenvalue weighted by atomic mass is 16.5. The van der Waals surface area contributed by atoms with Gasteiger partial charge in [0, 0.05) is 38.0 Å². The van der Waals surface area contributed by atoms with Crippen molar-refractivity contribution in [2.75, 3.05) is 26.2 Å². The molecular weight excluding hydrogens is 340 g/mol. The van der Waals surface area contributed by atoms with E-state index in [0.29, 0.717) is 24.9 Å². The highest BCUT2D eigenvalue weighted by Gasteiger charge is 2.40. The number of benzene rings is 1. The lowest BCUT2D eigenvalue weighted by Crippen LogP contribution is -2.48. The highest BCUT2D eigenvalue weighted by Crippen LogP contribution is 2.33. The van der Waals surface area contributed by atoms with Crippen LogP contribution in [0.25, 0.3) is 0 Å². The van der Waals surface area contributed by atoms with Gasteiger partial charge in [0.2, 0.25) is 11.8 Å². The Morgan fingerprint density at radius 3 is 2.56 bits per heavy atom. The molecule has 3 saturated heterocycles. The minimum atomic E-state index is 0.204. The van der Waals surface area contributed by atoms with Crippen molar-refractivity contribution < 1.29 is 14.3 Å². The molecule has 5 nitrogen and oxygen atoms in total. The fourth-order valence-corrected chi connectivity index (χ4v) is 4.55. The van der Waals surface area contributed by atoms with Crippen molar-refractivity contribution >= 4 is 11.8 Å². The van der Waals surface area contributed by atoms with Gasteiger partial charge in [-0.3, -0.25) is 9.59 Å². The highest BCUT2D eigenvalue weighted by molar-refractivity contribution is 5.80. The van der Waals surface area contributed by atoms with E-state index in [-0.39, 0.29) is 17.9 Å². The van der Waals surface area contributed by atoms with Crippen LogP contribution in [0, 0.1) is 11.8 Å². The Morgan fingerprint density at radius 1 is 1.00 bits per heavy atom. The van der Waals surface area contributed by atoms with Crippen LogP contribution < -0.4 is 4.74 Å². The first-order valence-electron chi connectivity index (χ1n) is 10.5. The number of carbonyl (C=O) groups excluding carboxylic acids is 2. The fourth-order valence-electron chi connectivity index (χ4n) is 4.55. The predicted molar refractivity (Wildman–Crippen MR) is 103 cm³/mol. The molecule has 0 radical (unpaired) electrons. The number of ether oxygens (including phenoxy) is 1. The summed E-state index contributed by atoms with van der Waals surface area (Å²) in [5.74, 6) is 2.10. The molecule has 1 saturated carbocycles. The van der Waals surface area contributed by atoms with Crippen LogP contribution in [-0.2, 0) is 9.59 Å². The summed E-state index contributed by atoms with van der Waals surface area (Å²) in [5.41, 5.74) is 0. The van der Waals surface area contributed by atoms with E-state index in [1.165, 1.54) is 6.42 Å². The zero-order chi connectivity index (χ0) is 18.6. The lowest BCUT2D eigenvalue weighted by molar-refractivity contribution is -0.140. The van der Waals surface area contributed by atoms with E-state index in [9.17, 15) is 9.59 Å². The molecule has 27 heavy (non-hydrogen) atoms. The van der Waals surface area contributed by atoms with E-state index < -0.39 is 0 Å². The third-order valence-corrected chi connectivity index (χ3v) is 6.35. The Morgan fingerprint density at radius 2 is 1.81 bits per heavy atom. The SMILES string of the molecule is O=C(C1CCC1)N1C[C@@H]2CC[C@H](C1)N(C(=O)CCCOc1ccccc1)C2. The number of fused-ring (bicyclic) bond motifs is 4. The second-order valence-electron chi connectivity index (χ2n) is 8.28. The number of nitrogens with zero attached hydrogens (tertiary/aromatic N) is 2. The van der Waals surface area contributed by atoms with Crippen molar-refractivity contribution in [3.63, 3.8) is 0 Å². The van der Waals surface area contributed by atoms with E-state index in [0.717, 1.165) is 57.5 Å². The second-order valence-corrected chi connectivity index (χ2v) is 8.28. The van der Waals surface area contributed by atoms with Crippen LogP contribution in [0.4, 0.5) is 0 Å². The number of carbonyl (C=O) groups is 2. The molecule has 3 heterocycles. The van der Waals surface area contributed by atoms with Crippen molar-refractivity contribution in [1.29, 1.82) is 0 Å². The van der Waals surface area contributed by atoms with E-state index in [4.69, 9.17) is 4.74 Å². The standard InChI is InChI=1S/C22H30N2O3/c25-21(10-5-13-27-20-8-2-1-3-9-20)24-15-17-11-12-19(24)16-23(14-17)22(26)18-6-4-7-18/h1-3,8-9,17-19H,4-7,10-16H2/t17-,19+/m0/s1. The average molecular weight is 370 g/mol. The first-order valence-corrected chi connectivity index (χ1v) is 10.5. The molecular formula is C22H30N2O3. The molecule has 1 aromatic carbocycles. The van der Waals surface area contributed by atoms with Crippen molar-refractivity contribution in [1.82, 2.24) is 9.80 Å². The largest absolute Gasteiger partial charge is 0.494 e. The molecule has 0 unspecified atom stereocenters. The number of rotatable bonds is 6. The van der Waals surface area contributed by atoms with Gasteiger partial charge < -0.3 is 14.5 Å².